The monoisotopic (exact) mass is 334 g/mol. The highest BCUT2D eigenvalue weighted by molar-refractivity contribution is 9.10. The van der Waals surface area contributed by atoms with Crippen molar-refractivity contribution in [1.29, 1.82) is 0 Å². The summed E-state index contributed by atoms with van der Waals surface area (Å²) >= 11 is 3.39. The van der Waals surface area contributed by atoms with E-state index >= 15 is 0 Å². The van der Waals surface area contributed by atoms with Gasteiger partial charge in [0.05, 0.1) is 6.20 Å². The molecule has 3 rings (SSSR count). The Bertz CT molecular complexity index is 733. The van der Waals surface area contributed by atoms with Crippen molar-refractivity contribution in [2.24, 2.45) is 7.05 Å². The second-order valence-electron chi connectivity index (χ2n) is 4.31. The van der Waals surface area contributed by atoms with Crippen molar-refractivity contribution in [2.75, 3.05) is 0 Å². The van der Waals surface area contributed by atoms with Crippen LogP contribution in [0.5, 0.6) is 0 Å². The Balaban J connectivity index is 1.93. The third-order valence-electron chi connectivity index (χ3n) is 2.93. The molecule has 3 aromatic rings. The van der Waals surface area contributed by atoms with Crippen molar-refractivity contribution >= 4 is 15.9 Å². The van der Waals surface area contributed by atoms with E-state index in [4.69, 9.17) is 0 Å². The highest BCUT2D eigenvalue weighted by Gasteiger charge is 2.16. The van der Waals surface area contributed by atoms with Crippen molar-refractivity contribution in [3.05, 3.63) is 35.0 Å². The molecular weight excluding hydrogens is 324 g/mol. The maximum atomic E-state index is 4.16. The number of pyridine rings is 1. The fourth-order valence-corrected chi connectivity index (χ4v) is 2.22. The number of nitrogens with zero attached hydrogens (tertiary/aromatic N) is 8. The summed E-state index contributed by atoms with van der Waals surface area (Å²) in [7, 11) is 1.79. The average Bonchev–Trinajstić information content (AvgIpc) is 3.07. The lowest BCUT2D eigenvalue weighted by atomic mass is 10.2. The quantitative estimate of drug-likeness (QED) is 0.716. The van der Waals surface area contributed by atoms with Gasteiger partial charge >= 0.3 is 0 Å². The maximum Gasteiger partial charge on any atom is 0.175 e. The molecule has 8 nitrogen and oxygen atoms in total. The summed E-state index contributed by atoms with van der Waals surface area (Å²) in [6.45, 7) is 1.96. The maximum absolute atomic E-state index is 4.16. The molecule has 1 atom stereocenters. The SMILES string of the molecule is CC(c1nnnn1C)n1cc(-c2cncc(Br)c2)nn1. The molecule has 0 spiro atoms. The van der Waals surface area contributed by atoms with Crippen LogP contribution < -0.4 is 0 Å². The fourth-order valence-electron chi connectivity index (χ4n) is 1.86. The topological polar surface area (TPSA) is 87.2 Å². The lowest BCUT2D eigenvalue weighted by Crippen LogP contribution is -2.13. The lowest BCUT2D eigenvalue weighted by molar-refractivity contribution is 0.495. The molecule has 0 fully saturated rings. The van der Waals surface area contributed by atoms with Crippen LogP contribution in [0.2, 0.25) is 0 Å². The molecule has 0 aliphatic carbocycles. The summed E-state index contributed by atoms with van der Waals surface area (Å²) in [5, 5.41) is 19.7. The first kappa shape index (κ1) is 12.9. The first-order valence-electron chi connectivity index (χ1n) is 5.90. The Hall–Kier alpha value is -2.16. The van der Waals surface area contributed by atoms with Crippen LogP contribution in [0.1, 0.15) is 18.8 Å². The van der Waals surface area contributed by atoms with Gasteiger partial charge in [-0.3, -0.25) is 4.98 Å². The van der Waals surface area contributed by atoms with Crippen LogP contribution in [-0.4, -0.2) is 40.2 Å². The molecule has 1 unspecified atom stereocenters. The molecule has 3 heterocycles. The molecule has 0 aliphatic heterocycles. The van der Waals surface area contributed by atoms with Gasteiger partial charge < -0.3 is 0 Å². The molecule has 102 valence electrons. The minimum atomic E-state index is -0.101. The zero-order valence-corrected chi connectivity index (χ0v) is 12.4. The van der Waals surface area contributed by atoms with Crippen LogP contribution in [0.15, 0.2) is 29.1 Å². The predicted molar refractivity (Wildman–Crippen MR) is 73.6 cm³/mol. The molecule has 0 amide bonds. The van der Waals surface area contributed by atoms with Crippen molar-refractivity contribution in [2.45, 2.75) is 13.0 Å². The van der Waals surface area contributed by atoms with Crippen LogP contribution >= 0.6 is 15.9 Å². The first-order chi connectivity index (χ1) is 9.65. The molecule has 0 saturated carbocycles. The Morgan fingerprint density at radius 3 is 2.75 bits per heavy atom. The van der Waals surface area contributed by atoms with Crippen LogP contribution in [0.3, 0.4) is 0 Å². The molecule has 0 bridgehead atoms. The number of halogens is 1. The van der Waals surface area contributed by atoms with Gasteiger partial charge in [0.1, 0.15) is 11.7 Å². The number of aromatic nitrogens is 8. The summed E-state index contributed by atoms with van der Waals surface area (Å²) in [5.41, 5.74) is 1.65. The molecule has 9 heteroatoms. The molecule has 0 N–H and O–H groups in total. The Labute approximate surface area is 123 Å². The third kappa shape index (κ3) is 2.31. The van der Waals surface area contributed by atoms with E-state index < -0.39 is 0 Å². The molecule has 0 radical (unpaired) electrons. The van der Waals surface area contributed by atoms with E-state index in [9.17, 15) is 0 Å². The number of hydrogen-bond donors (Lipinski definition) is 0. The van der Waals surface area contributed by atoms with E-state index in [-0.39, 0.29) is 6.04 Å². The smallest absolute Gasteiger partial charge is 0.175 e. The van der Waals surface area contributed by atoms with Crippen LogP contribution in [0.4, 0.5) is 0 Å². The molecular formula is C11H11BrN8. The Kier molecular flexibility index (Phi) is 3.26. The number of rotatable bonds is 3. The summed E-state index contributed by atoms with van der Waals surface area (Å²) in [4.78, 5) is 4.12. The highest BCUT2D eigenvalue weighted by atomic mass is 79.9. The van der Waals surface area contributed by atoms with E-state index in [2.05, 4.69) is 46.8 Å². The highest BCUT2D eigenvalue weighted by Crippen LogP contribution is 2.21. The van der Waals surface area contributed by atoms with E-state index in [1.54, 1.807) is 28.8 Å². The molecule has 0 saturated heterocycles. The number of hydrogen-bond acceptors (Lipinski definition) is 6. The van der Waals surface area contributed by atoms with Gasteiger partial charge in [0, 0.05) is 29.5 Å². The van der Waals surface area contributed by atoms with Gasteiger partial charge in [-0.25, -0.2) is 9.36 Å². The van der Waals surface area contributed by atoms with Crippen molar-refractivity contribution < 1.29 is 0 Å². The van der Waals surface area contributed by atoms with Gasteiger partial charge in [-0.15, -0.1) is 10.2 Å². The Morgan fingerprint density at radius 2 is 2.05 bits per heavy atom. The number of aryl methyl sites for hydroxylation is 1. The zero-order valence-electron chi connectivity index (χ0n) is 10.8. The van der Waals surface area contributed by atoms with E-state index in [1.807, 2.05) is 19.2 Å². The van der Waals surface area contributed by atoms with Gasteiger partial charge in [-0.05, 0) is 39.3 Å². The van der Waals surface area contributed by atoms with E-state index in [1.165, 1.54) is 0 Å². The summed E-state index contributed by atoms with van der Waals surface area (Å²) < 4.78 is 4.24. The van der Waals surface area contributed by atoms with Crippen molar-refractivity contribution in [1.82, 2.24) is 40.2 Å². The zero-order chi connectivity index (χ0) is 14.1. The minimum Gasteiger partial charge on any atom is -0.263 e. The standard InChI is InChI=1S/C11H11BrN8/c1-7(11-15-16-18-19(11)2)20-6-10(14-17-20)8-3-9(12)5-13-4-8/h3-7H,1-2H3. The van der Waals surface area contributed by atoms with Gasteiger partial charge in [0.2, 0.25) is 0 Å². The predicted octanol–water partition coefficient (Wildman–Crippen LogP) is 1.24. The molecule has 20 heavy (non-hydrogen) atoms. The van der Waals surface area contributed by atoms with Gasteiger partial charge in [0.25, 0.3) is 0 Å². The molecule has 0 aliphatic rings. The number of tetrazole rings is 1. The molecule has 0 aromatic carbocycles. The largest absolute Gasteiger partial charge is 0.263 e. The minimum absolute atomic E-state index is 0.101. The lowest BCUT2D eigenvalue weighted by Gasteiger charge is -2.08. The van der Waals surface area contributed by atoms with Crippen LogP contribution in [0, 0.1) is 0 Å². The second kappa shape index (κ2) is 5.08. The third-order valence-corrected chi connectivity index (χ3v) is 3.37. The van der Waals surface area contributed by atoms with Gasteiger partial charge in [0.15, 0.2) is 5.82 Å². The van der Waals surface area contributed by atoms with Crippen LogP contribution in [-0.2, 0) is 7.05 Å². The van der Waals surface area contributed by atoms with E-state index in [0.29, 0.717) is 5.82 Å². The Morgan fingerprint density at radius 1 is 1.20 bits per heavy atom. The second-order valence-corrected chi connectivity index (χ2v) is 5.23. The first-order valence-corrected chi connectivity index (χ1v) is 6.69. The van der Waals surface area contributed by atoms with Crippen molar-refractivity contribution in [3.8, 4) is 11.3 Å². The van der Waals surface area contributed by atoms with Crippen LogP contribution in [0.25, 0.3) is 11.3 Å². The fraction of sp³-hybridized carbons (Fsp3) is 0.273. The van der Waals surface area contributed by atoms with Crippen molar-refractivity contribution in [3.63, 3.8) is 0 Å². The van der Waals surface area contributed by atoms with Gasteiger partial charge in [-0.2, -0.15) is 0 Å². The molecule has 3 aromatic heterocycles. The van der Waals surface area contributed by atoms with E-state index in [0.717, 1.165) is 15.7 Å². The summed E-state index contributed by atoms with van der Waals surface area (Å²) in [5.74, 6) is 0.716. The van der Waals surface area contributed by atoms with Gasteiger partial charge in [-0.1, -0.05) is 5.21 Å². The summed E-state index contributed by atoms with van der Waals surface area (Å²) in [6, 6.07) is 1.84. The summed E-state index contributed by atoms with van der Waals surface area (Å²) in [6.07, 6.45) is 5.32. The average molecular weight is 335 g/mol. The normalized spacial score (nSPS) is 12.6.